The maximum Gasteiger partial charge on any atom is 0.268 e. The molecule has 0 aliphatic carbocycles. The molecule has 1 aromatic carbocycles. The molecule has 0 aromatic heterocycles. The molecule has 1 atom stereocenters. The van der Waals surface area contributed by atoms with Crippen LogP contribution in [0, 0.1) is 5.82 Å². The fourth-order valence-corrected chi connectivity index (χ4v) is 1.31. The van der Waals surface area contributed by atoms with Crippen LogP contribution in [0.2, 0.25) is 0 Å². The van der Waals surface area contributed by atoms with Crippen molar-refractivity contribution in [2.45, 2.75) is 12.5 Å². The number of nitrogens with zero attached hydrogens (tertiary/aromatic N) is 1. The van der Waals surface area contributed by atoms with Gasteiger partial charge in [-0.3, -0.25) is 0 Å². The molecular formula is C10H12F3NO. The van der Waals surface area contributed by atoms with Gasteiger partial charge >= 0.3 is 0 Å². The Bertz CT molecular complexity index is 341. The molecule has 0 saturated heterocycles. The van der Waals surface area contributed by atoms with Gasteiger partial charge < -0.3 is 10.0 Å². The van der Waals surface area contributed by atoms with Gasteiger partial charge in [0.15, 0.2) is 0 Å². The molecule has 0 bridgehead atoms. The Morgan fingerprint density at radius 1 is 1.27 bits per heavy atom. The van der Waals surface area contributed by atoms with E-state index in [0.717, 1.165) is 12.1 Å². The number of benzene rings is 1. The second-order valence-corrected chi connectivity index (χ2v) is 3.38. The molecule has 0 aliphatic rings. The Kier molecular flexibility index (Phi) is 3.57. The number of rotatable bonds is 3. The van der Waals surface area contributed by atoms with Crippen LogP contribution in [0.15, 0.2) is 18.2 Å². The molecule has 84 valence electrons. The van der Waals surface area contributed by atoms with Crippen LogP contribution in [0.3, 0.4) is 0 Å². The lowest BCUT2D eigenvalue weighted by Gasteiger charge is -2.20. The molecule has 5 heteroatoms. The minimum atomic E-state index is -2.93. The molecule has 0 radical (unpaired) electrons. The van der Waals surface area contributed by atoms with Crippen molar-refractivity contribution >= 4 is 5.69 Å². The minimum absolute atomic E-state index is 0.102. The number of halogens is 3. The fourth-order valence-electron chi connectivity index (χ4n) is 1.31. The lowest BCUT2D eigenvalue weighted by molar-refractivity contribution is -0.00563. The highest BCUT2D eigenvalue weighted by molar-refractivity contribution is 5.53. The van der Waals surface area contributed by atoms with Crippen LogP contribution in [0.5, 0.6) is 0 Å². The van der Waals surface area contributed by atoms with Crippen LogP contribution in [0.25, 0.3) is 0 Å². The molecule has 0 heterocycles. The summed E-state index contributed by atoms with van der Waals surface area (Å²) in [6.07, 6.45) is -4.89. The van der Waals surface area contributed by atoms with E-state index in [4.69, 9.17) is 0 Å². The normalized spacial score (nSPS) is 13.0. The first-order valence-corrected chi connectivity index (χ1v) is 4.36. The molecule has 15 heavy (non-hydrogen) atoms. The van der Waals surface area contributed by atoms with Crippen molar-refractivity contribution in [3.05, 3.63) is 29.6 Å². The number of aliphatic hydroxyl groups is 1. The summed E-state index contributed by atoms with van der Waals surface area (Å²) in [4.78, 5) is 1.54. The zero-order chi connectivity index (χ0) is 11.6. The topological polar surface area (TPSA) is 23.5 Å². The summed E-state index contributed by atoms with van der Waals surface area (Å²) in [5, 5.41) is 9.21. The maximum atomic E-state index is 12.9. The van der Waals surface area contributed by atoms with Crippen molar-refractivity contribution in [2.24, 2.45) is 0 Å². The highest BCUT2D eigenvalue weighted by Crippen LogP contribution is 2.29. The van der Waals surface area contributed by atoms with Gasteiger partial charge in [0.2, 0.25) is 0 Å². The highest BCUT2D eigenvalue weighted by atomic mass is 19.3. The summed E-state index contributed by atoms with van der Waals surface area (Å²) < 4.78 is 37.5. The number of alkyl halides is 2. The Hall–Kier alpha value is -1.23. The second kappa shape index (κ2) is 4.53. The minimum Gasteiger partial charge on any atom is -0.382 e. The summed E-state index contributed by atoms with van der Waals surface area (Å²) in [6, 6.07) is 3.44. The summed E-state index contributed by atoms with van der Waals surface area (Å²) in [6.45, 7) is 0. The summed E-state index contributed by atoms with van der Waals surface area (Å²) >= 11 is 0. The summed E-state index contributed by atoms with van der Waals surface area (Å²) in [5.41, 5.74) is 0.277. The lowest BCUT2D eigenvalue weighted by atomic mass is 10.1. The van der Waals surface area contributed by atoms with E-state index in [9.17, 15) is 18.3 Å². The van der Waals surface area contributed by atoms with E-state index >= 15 is 0 Å². The Balaban J connectivity index is 3.18. The first-order valence-electron chi connectivity index (χ1n) is 4.36. The van der Waals surface area contributed by atoms with E-state index in [1.807, 2.05) is 0 Å². The van der Waals surface area contributed by atoms with Gasteiger partial charge in [0.05, 0.1) is 0 Å². The number of hydrogen-bond donors (Lipinski definition) is 1. The van der Waals surface area contributed by atoms with Gasteiger partial charge in [-0.1, -0.05) is 0 Å². The smallest absolute Gasteiger partial charge is 0.268 e. The monoisotopic (exact) mass is 219 g/mol. The van der Waals surface area contributed by atoms with Crippen LogP contribution in [-0.4, -0.2) is 25.6 Å². The van der Waals surface area contributed by atoms with Crippen LogP contribution in [0.4, 0.5) is 18.9 Å². The third-order valence-corrected chi connectivity index (χ3v) is 2.03. The van der Waals surface area contributed by atoms with Crippen molar-refractivity contribution < 1.29 is 18.3 Å². The maximum absolute atomic E-state index is 12.9. The molecule has 0 saturated carbocycles. The van der Waals surface area contributed by atoms with Crippen molar-refractivity contribution in [1.29, 1.82) is 0 Å². The van der Waals surface area contributed by atoms with Gasteiger partial charge in [-0.2, -0.15) is 0 Å². The third-order valence-electron chi connectivity index (χ3n) is 2.03. The molecule has 0 aliphatic heterocycles. The molecule has 0 amide bonds. The number of anilines is 1. The molecule has 0 fully saturated rings. The van der Waals surface area contributed by atoms with E-state index in [-0.39, 0.29) is 5.56 Å². The van der Waals surface area contributed by atoms with Crippen LogP contribution < -0.4 is 4.90 Å². The largest absolute Gasteiger partial charge is 0.382 e. The van der Waals surface area contributed by atoms with Crippen LogP contribution in [0.1, 0.15) is 11.7 Å². The fraction of sp³-hybridized carbons (Fsp3) is 0.400. The molecular weight excluding hydrogens is 207 g/mol. The predicted molar refractivity (Wildman–Crippen MR) is 51.7 cm³/mol. The first kappa shape index (κ1) is 11.8. The molecule has 1 aromatic rings. The van der Waals surface area contributed by atoms with E-state index < -0.39 is 18.3 Å². The average molecular weight is 219 g/mol. The zero-order valence-electron chi connectivity index (χ0n) is 8.42. The Morgan fingerprint density at radius 2 is 1.87 bits per heavy atom. The van der Waals surface area contributed by atoms with Crippen molar-refractivity contribution in [3.8, 4) is 0 Å². The van der Waals surface area contributed by atoms with Gasteiger partial charge in [0.25, 0.3) is 6.43 Å². The van der Waals surface area contributed by atoms with Gasteiger partial charge in [-0.15, -0.1) is 0 Å². The van der Waals surface area contributed by atoms with Crippen molar-refractivity contribution in [1.82, 2.24) is 0 Å². The van der Waals surface area contributed by atoms with Crippen LogP contribution >= 0.6 is 0 Å². The lowest BCUT2D eigenvalue weighted by Crippen LogP contribution is -2.16. The number of hydrogen-bond acceptors (Lipinski definition) is 2. The molecule has 2 nitrogen and oxygen atoms in total. The number of aliphatic hydroxyl groups excluding tert-OH is 1. The standard InChI is InChI=1S/C10H12F3NO/c1-14(2)8-4-3-6(11)5-7(8)9(15)10(12)13/h3-5,9-10,15H,1-2H3. The Morgan fingerprint density at radius 3 is 2.33 bits per heavy atom. The predicted octanol–water partition coefficient (Wildman–Crippen LogP) is 2.19. The van der Waals surface area contributed by atoms with Gasteiger partial charge in [-0.05, 0) is 18.2 Å². The molecule has 0 spiro atoms. The van der Waals surface area contributed by atoms with Gasteiger partial charge in [0, 0.05) is 25.3 Å². The highest BCUT2D eigenvalue weighted by Gasteiger charge is 2.23. The van der Waals surface area contributed by atoms with Crippen molar-refractivity contribution in [2.75, 3.05) is 19.0 Å². The van der Waals surface area contributed by atoms with Gasteiger partial charge in [-0.25, -0.2) is 13.2 Å². The zero-order valence-corrected chi connectivity index (χ0v) is 8.42. The quantitative estimate of drug-likeness (QED) is 0.842. The van der Waals surface area contributed by atoms with E-state index in [2.05, 4.69) is 0 Å². The molecule has 1 N–H and O–H groups in total. The molecule has 1 rings (SSSR count). The van der Waals surface area contributed by atoms with Crippen molar-refractivity contribution in [3.63, 3.8) is 0 Å². The summed E-state index contributed by atoms with van der Waals surface area (Å²) in [5.74, 6) is -0.643. The van der Waals surface area contributed by atoms with E-state index in [0.29, 0.717) is 5.69 Å². The Labute approximate surface area is 85.9 Å². The second-order valence-electron chi connectivity index (χ2n) is 3.38. The van der Waals surface area contributed by atoms with Crippen LogP contribution in [-0.2, 0) is 0 Å². The van der Waals surface area contributed by atoms with E-state index in [1.54, 1.807) is 19.0 Å². The average Bonchev–Trinajstić information content (AvgIpc) is 2.15. The first-order chi connectivity index (χ1) is 6.93. The SMILES string of the molecule is CN(C)c1ccc(F)cc1C(O)C(F)F. The third kappa shape index (κ3) is 2.62. The summed E-state index contributed by atoms with van der Waals surface area (Å²) in [7, 11) is 3.27. The molecule has 1 unspecified atom stereocenters. The van der Waals surface area contributed by atoms with Gasteiger partial charge in [0.1, 0.15) is 11.9 Å². The van der Waals surface area contributed by atoms with E-state index in [1.165, 1.54) is 6.07 Å².